The number of amides is 1. The summed E-state index contributed by atoms with van der Waals surface area (Å²) in [7, 11) is 0. The molecule has 1 aliphatic rings. The van der Waals surface area contributed by atoms with Gasteiger partial charge in [0.05, 0.1) is 12.1 Å². The fourth-order valence-electron chi connectivity index (χ4n) is 2.01. The van der Waals surface area contributed by atoms with Gasteiger partial charge in [0.2, 0.25) is 0 Å². The van der Waals surface area contributed by atoms with Gasteiger partial charge in [-0.05, 0) is 12.3 Å². The molecule has 3 N–H and O–H groups in total. The van der Waals surface area contributed by atoms with Crippen molar-refractivity contribution in [3.8, 4) is 0 Å². The number of carbonyl (C=O) groups is 1. The average Bonchev–Trinajstić information content (AvgIpc) is 2.16. The van der Waals surface area contributed by atoms with Crippen LogP contribution in [0.5, 0.6) is 0 Å². The molecule has 94 valence electrons. The van der Waals surface area contributed by atoms with Crippen LogP contribution >= 0.6 is 0 Å². The molecular weight excluding hydrogens is 208 g/mol. The number of aliphatic hydroxyl groups is 1. The lowest BCUT2D eigenvalue weighted by Crippen LogP contribution is -2.69. The summed E-state index contributed by atoms with van der Waals surface area (Å²) in [5.74, 6) is 0. The molecule has 0 aliphatic carbocycles. The quantitative estimate of drug-likeness (QED) is 0.621. The first-order valence-corrected chi connectivity index (χ1v) is 5.57. The van der Waals surface area contributed by atoms with Gasteiger partial charge in [-0.25, -0.2) is 4.79 Å². The Balaban J connectivity index is 2.97. The Kier molecular flexibility index (Phi) is 3.50. The first kappa shape index (κ1) is 13.3. The molecule has 1 aliphatic heterocycles. The Labute approximate surface area is 96.4 Å². The van der Waals surface area contributed by atoms with Gasteiger partial charge in [0, 0.05) is 19.1 Å². The Morgan fingerprint density at radius 3 is 2.50 bits per heavy atom. The highest BCUT2D eigenvalue weighted by molar-refractivity contribution is 5.66. The Hall–Kier alpha value is -0.810. The lowest BCUT2D eigenvalue weighted by Gasteiger charge is -2.53. The molecule has 1 amide bonds. The van der Waals surface area contributed by atoms with Crippen LogP contribution in [0.1, 0.15) is 27.7 Å². The molecule has 2 unspecified atom stereocenters. The molecule has 1 saturated heterocycles. The van der Waals surface area contributed by atoms with Gasteiger partial charge in [-0.15, -0.1) is 0 Å². The van der Waals surface area contributed by atoms with Crippen LogP contribution in [-0.2, 0) is 0 Å². The summed E-state index contributed by atoms with van der Waals surface area (Å²) in [5, 5.41) is 21.5. The number of piperazine rings is 1. The third kappa shape index (κ3) is 2.15. The van der Waals surface area contributed by atoms with Crippen LogP contribution in [0.4, 0.5) is 4.79 Å². The first-order valence-electron chi connectivity index (χ1n) is 5.57. The predicted molar refractivity (Wildman–Crippen MR) is 61.5 cm³/mol. The largest absolute Gasteiger partial charge is 0.465 e. The molecule has 0 aromatic heterocycles. The van der Waals surface area contributed by atoms with Crippen molar-refractivity contribution in [2.45, 2.75) is 39.3 Å². The Morgan fingerprint density at radius 2 is 2.12 bits per heavy atom. The molecule has 2 atom stereocenters. The summed E-state index contributed by atoms with van der Waals surface area (Å²) < 4.78 is 0. The van der Waals surface area contributed by atoms with Gasteiger partial charge in [-0.2, -0.15) is 0 Å². The fraction of sp³-hybridized carbons (Fsp3) is 0.909. The highest BCUT2D eigenvalue weighted by Gasteiger charge is 2.48. The average molecular weight is 230 g/mol. The SMILES string of the molecule is CC(C)(C)C1(C)CNC(CO)CN1C(=O)O. The van der Waals surface area contributed by atoms with Crippen molar-refractivity contribution in [1.29, 1.82) is 0 Å². The molecule has 0 saturated carbocycles. The van der Waals surface area contributed by atoms with E-state index in [1.807, 2.05) is 27.7 Å². The van der Waals surface area contributed by atoms with Gasteiger partial charge in [-0.1, -0.05) is 20.8 Å². The Morgan fingerprint density at radius 1 is 1.56 bits per heavy atom. The summed E-state index contributed by atoms with van der Waals surface area (Å²) >= 11 is 0. The highest BCUT2D eigenvalue weighted by Crippen LogP contribution is 2.37. The molecule has 16 heavy (non-hydrogen) atoms. The molecule has 0 radical (unpaired) electrons. The number of hydrogen-bond donors (Lipinski definition) is 3. The maximum atomic E-state index is 11.3. The van der Waals surface area contributed by atoms with Gasteiger partial charge < -0.3 is 15.5 Å². The van der Waals surface area contributed by atoms with Crippen LogP contribution < -0.4 is 5.32 Å². The first-order chi connectivity index (χ1) is 7.22. The predicted octanol–water partition coefficient (Wildman–Crippen LogP) is 0.735. The Bertz CT molecular complexity index is 275. The number of nitrogens with zero attached hydrogens (tertiary/aromatic N) is 1. The van der Waals surface area contributed by atoms with Gasteiger partial charge in [0.25, 0.3) is 0 Å². The maximum absolute atomic E-state index is 11.3. The zero-order valence-electron chi connectivity index (χ0n) is 10.4. The third-order valence-corrected chi connectivity index (χ3v) is 3.80. The molecule has 0 aromatic rings. The lowest BCUT2D eigenvalue weighted by molar-refractivity contribution is -0.0204. The van der Waals surface area contributed by atoms with Crippen molar-refractivity contribution in [1.82, 2.24) is 10.2 Å². The van der Waals surface area contributed by atoms with Crippen LogP contribution in [0, 0.1) is 5.41 Å². The smallest absolute Gasteiger partial charge is 0.407 e. The van der Waals surface area contributed by atoms with E-state index in [0.29, 0.717) is 13.1 Å². The minimum Gasteiger partial charge on any atom is -0.465 e. The number of carboxylic acid groups (broad SMARTS) is 1. The molecular formula is C11H22N2O3. The maximum Gasteiger partial charge on any atom is 0.407 e. The highest BCUT2D eigenvalue weighted by atomic mass is 16.4. The molecule has 5 heteroatoms. The zero-order chi connectivity index (χ0) is 12.6. The van der Waals surface area contributed by atoms with Crippen LogP contribution in [0.2, 0.25) is 0 Å². The van der Waals surface area contributed by atoms with E-state index in [0.717, 1.165) is 0 Å². The number of nitrogens with one attached hydrogen (secondary N) is 1. The van der Waals surface area contributed by atoms with E-state index in [2.05, 4.69) is 5.32 Å². The fourth-order valence-corrected chi connectivity index (χ4v) is 2.01. The molecule has 1 heterocycles. The van der Waals surface area contributed by atoms with Gasteiger partial charge in [0.1, 0.15) is 0 Å². The van der Waals surface area contributed by atoms with Gasteiger partial charge in [0.15, 0.2) is 0 Å². The molecule has 0 spiro atoms. The summed E-state index contributed by atoms with van der Waals surface area (Å²) in [4.78, 5) is 12.7. The molecule has 0 aromatic carbocycles. The van der Waals surface area contributed by atoms with Gasteiger partial charge in [-0.3, -0.25) is 4.90 Å². The van der Waals surface area contributed by atoms with E-state index in [1.54, 1.807) is 0 Å². The van der Waals surface area contributed by atoms with Gasteiger partial charge >= 0.3 is 6.09 Å². The van der Waals surface area contributed by atoms with Crippen LogP contribution in [0.25, 0.3) is 0 Å². The van der Waals surface area contributed by atoms with Crippen LogP contribution in [0.3, 0.4) is 0 Å². The van der Waals surface area contributed by atoms with Crippen molar-refractivity contribution in [2.75, 3.05) is 19.7 Å². The van der Waals surface area contributed by atoms with Crippen molar-refractivity contribution in [3.05, 3.63) is 0 Å². The monoisotopic (exact) mass is 230 g/mol. The lowest BCUT2D eigenvalue weighted by atomic mass is 9.72. The standard InChI is InChI=1S/C11H22N2O3/c1-10(2,3)11(4)7-12-8(6-14)5-13(11)9(15)16/h8,12,14H,5-7H2,1-4H3,(H,15,16). The van der Waals surface area contributed by atoms with E-state index in [-0.39, 0.29) is 18.1 Å². The normalized spacial score (nSPS) is 31.6. The van der Waals surface area contributed by atoms with Crippen LogP contribution in [-0.4, -0.2) is 52.5 Å². The van der Waals surface area contributed by atoms with E-state index in [9.17, 15) is 9.90 Å². The summed E-state index contributed by atoms with van der Waals surface area (Å²) in [6.07, 6.45) is -0.919. The van der Waals surface area contributed by atoms with E-state index in [4.69, 9.17) is 5.11 Å². The molecule has 5 nitrogen and oxygen atoms in total. The third-order valence-electron chi connectivity index (χ3n) is 3.80. The minimum atomic E-state index is -0.919. The number of hydrogen-bond acceptors (Lipinski definition) is 3. The summed E-state index contributed by atoms with van der Waals surface area (Å²) in [5.41, 5.74) is -0.608. The van der Waals surface area contributed by atoms with E-state index >= 15 is 0 Å². The second kappa shape index (κ2) is 4.22. The van der Waals surface area contributed by atoms with Crippen molar-refractivity contribution in [2.24, 2.45) is 5.41 Å². The van der Waals surface area contributed by atoms with Crippen molar-refractivity contribution < 1.29 is 15.0 Å². The number of aliphatic hydroxyl groups excluding tert-OH is 1. The minimum absolute atomic E-state index is 0.0377. The summed E-state index contributed by atoms with van der Waals surface area (Å²) in [6, 6.07) is -0.161. The van der Waals surface area contributed by atoms with Crippen LogP contribution in [0.15, 0.2) is 0 Å². The molecule has 1 fully saturated rings. The van der Waals surface area contributed by atoms with E-state index < -0.39 is 11.6 Å². The van der Waals surface area contributed by atoms with Crippen molar-refractivity contribution >= 4 is 6.09 Å². The number of rotatable bonds is 1. The topological polar surface area (TPSA) is 72.8 Å². The second-order valence-corrected chi connectivity index (χ2v) is 5.68. The molecule has 0 bridgehead atoms. The second-order valence-electron chi connectivity index (χ2n) is 5.68. The van der Waals surface area contributed by atoms with Crippen molar-refractivity contribution in [3.63, 3.8) is 0 Å². The zero-order valence-corrected chi connectivity index (χ0v) is 10.4. The molecule has 1 rings (SSSR count). The van der Waals surface area contributed by atoms with E-state index in [1.165, 1.54) is 4.90 Å². The summed E-state index contributed by atoms with van der Waals surface area (Å²) in [6.45, 7) is 8.90.